The molecule has 0 atom stereocenters. The Labute approximate surface area is 183 Å². The molecule has 0 aliphatic rings. The van der Waals surface area contributed by atoms with Gasteiger partial charge in [-0.1, -0.05) is 50.2 Å². The lowest BCUT2D eigenvalue weighted by Crippen LogP contribution is -2.23. The molecule has 1 aromatic heterocycles. The van der Waals surface area contributed by atoms with Crippen molar-refractivity contribution in [2.24, 2.45) is 0 Å². The van der Waals surface area contributed by atoms with Gasteiger partial charge in [-0.2, -0.15) is 4.98 Å². The van der Waals surface area contributed by atoms with Gasteiger partial charge in [0.15, 0.2) is 0 Å². The van der Waals surface area contributed by atoms with E-state index in [0.717, 1.165) is 18.7 Å². The van der Waals surface area contributed by atoms with Crippen LogP contribution in [0.25, 0.3) is 0 Å². The molecule has 3 rings (SSSR count). The molecule has 0 aliphatic carbocycles. The number of likely N-dealkylation sites (N-methyl/N-ethyl adjacent to an activating group) is 1. The van der Waals surface area contributed by atoms with Crippen LogP contribution in [0.3, 0.4) is 0 Å². The van der Waals surface area contributed by atoms with Gasteiger partial charge in [-0.3, -0.25) is 9.69 Å². The summed E-state index contributed by atoms with van der Waals surface area (Å²) in [6, 6.07) is 17.3. The van der Waals surface area contributed by atoms with Crippen LogP contribution in [-0.2, 0) is 17.8 Å². The smallest absolute Gasteiger partial charge is 0.224 e. The Balaban J connectivity index is 0.00000155. The van der Waals surface area contributed by atoms with Crippen molar-refractivity contribution in [2.45, 2.75) is 26.8 Å². The number of nitrogens with two attached hydrogens (primary N) is 1. The number of halogens is 1. The number of anilines is 3. The van der Waals surface area contributed by atoms with Crippen molar-refractivity contribution in [3.05, 3.63) is 77.2 Å². The summed E-state index contributed by atoms with van der Waals surface area (Å²) in [4.78, 5) is 23.9. The van der Waals surface area contributed by atoms with E-state index in [4.69, 9.17) is 17.3 Å². The van der Waals surface area contributed by atoms with E-state index < -0.39 is 0 Å². The molecule has 0 saturated heterocycles. The lowest BCUT2D eigenvalue weighted by molar-refractivity contribution is -0.106. The molecule has 158 valence electrons. The fourth-order valence-electron chi connectivity index (χ4n) is 2.96. The topological polar surface area (TPSA) is 75.4 Å². The Morgan fingerprint density at radius 1 is 1.10 bits per heavy atom. The minimum absolute atomic E-state index is 0.0899. The van der Waals surface area contributed by atoms with Gasteiger partial charge in [0.05, 0.1) is 5.69 Å². The van der Waals surface area contributed by atoms with Crippen LogP contribution in [0.5, 0.6) is 0 Å². The number of benzene rings is 2. The molecule has 1 heterocycles. The van der Waals surface area contributed by atoms with Crippen LogP contribution in [0.4, 0.5) is 17.2 Å². The highest BCUT2D eigenvalue weighted by Gasteiger charge is 2.17. The summed E-state index contributed by atoms with van der Waals surface area (Å²) in [5.41, 5.74) is 9.13. The molecule has 7 heteroatoms. The fraction of sp³-hybridized carbons (Fsp3) is 0.261. The molecule has 0 aliphatic heterocycles. The van der Waals surface area contributed by atoms with Gasteiger partial charge >= 0.3 is 0 Å². The third-order valence-electron chi connectivity index (χ3n) is 4.35. The second-order valence-electron chi connectivity index (χ2n) is 6.53. The first kappa shape index (κ1) is 23.3. The molecule has 6 nitrogen and oxygen atoms in total. The monoisotopic (exact) mass is 425 g/mol. The largest absolute Gasteiger partial charge is 0.399 e. The van der Waals surface area contributed by atoms with E-state index >= 15 is 0 Å². The van der Waals surface area contributed by atoms with Crippen molar-refractivity contribution in [1.29, 1.82) is 0 Å². The van der Waals surface area contributed by atoms with E-state index in [0.29, 0.717) is 30.0 Å². The minimum atomic E-state index is 0.0899. The Hall–Kier alpha value is -2.96. The molecule has 0 unspecified atom stereocenters. The third kappa shape index (κ3) is 6.54. The zero-order valence-corrected chi connectivity index (χ0v) is 18.4. The third-order valence-corrected chi connectivity index (χ3v) is 4.53. The highest BCUT2D eigenvalue weighted by Crippen LogP contribution is 2.27. The summed E-state index contributed by atoms with van der Waals surface area (Å²) in [6.07, 6.45) is 3.05. The van der Waals surface area contributed by atoms with E-state index in [1.165, 1.54) is 10.5 Å². The summed E-state index contributed by atoms with van der Waals surface area (Å²) in [7, 11) is 2.05. The first-order valence-corrected chi connectivity index (χ1v) is 10.3. The van der Waals surface area contributed by atoms with E-state index in [9.17, 15) is 4.79 Å². The van der Waals surface area contributed by atoms with E-state index in [-0.39, 0.29) is 5.28 Å². The van der Waals surface area contributed by atoms with E-state index in [2.05, 4.69) is 34.0 Å². The molecule has 0 radical (unpaired) electrons. The maximum absolute atomic E-state index is 11.8. The van der Waals surface area contributed by atoms with Gasteiger partial charge in [-0.15, -0.1) is 0 Å². The maximum atomic E-state index is 11.8. The molecule has 0 bridgehead atoms. The molecular formula is C23H28ClN5O. The highest BCUT2D eigenvalue weighted by molar-refractivity contribution is 6.28. The first-order chi connectivity index (χ1) is 14.6. The Morgan fingerprint density at radius 2 is 1.83 bits per heavy atom. The van der Waals surface area contributed by atoms with Gasteiger partial charge in [-0.25, -0.2) is 4.98 Å². The summed E-state index contributed by atoms with van der Waals surface area (Å²) in [5, 5.41) is 0.0899. The summed E-state index contributed by atoms with van der Waals surface area (Å²) in [5.74, 6) is 0.466. The Morgan fingerprint density at radius 3 is 2.50 bits per heavy atom. The number of aromatic nitrogens is 2. The molecule has 0 spiro atoms. The van der Waals surface area contributed by atoms with Gasteiger partial charge in [-0.05, 0) is 48.8 Å². The van der Waals surface area contributed by atoms with Crippen molar-refractivity contribution in [1.82, 2.24) is 14.9 Å². The summed E-state index contributed by atoms with van der Waals surface area (Å²) in [6.45, 7) is 5.60. The van der Waals surface area contributed by atoms with Gasteiger partial charge in [0.2, 0.25) is 11.7 Å². The second-order valence-corrected chi connectivity index (χ2v) is 6.87. The summed E-state index contributed by atoms with van der Waals surface area (Å²) < 4.78 is 0. The van der Waals surface area contributed by atoms with Crippen LogP contribution in [0, 0.1) is 0 Å². The van der Waals surface area contributed by atoms with Crippen LogP contribution in [0.2, 0.25) is 5.28 Å². The lowest BCUT2D eigenvalue weighted by Gasteiger charge is -2.21. The van der Waals surface area contributed by atoms with Crippen molar-refractivity contribution < 1.29 is 4.79 Å². The van der Waals surface area contributed by atoms with E-state index in [1.807, 2.05) is 32.0 Å². The van der Waals surface area contributed by atoms with E-state index in [1.54, 1.807) is 30.5 Å². The molecule has 1 amide bonds. The zero-order valence-electron chi connectivity index (χ0n) is 17.6. The molecule has 3 aromatic rings. The van der Waals surface area contributed by atoms with Crippen LogP contribution in [0.15, 0.2) is 60.8 Å². The van der Waals surface area contributed by atoms with Gasteiger partial charge in [0.1, 0.15) is 5.82 Å². The molecule has 0 saturated carbocycles. The van der Waals surface area contributed by atoms with Crippen LogP contribution in [-0.4, -0.2) is 34.9 Å². The average Bonchev–Trinajstić information content (AvgIpc) is 2.76. The number of nitrogens with zero attached hydrogens (tertiary/aromatic N) is 4. The van der Waals surface area contributed by atoms with Gasteiger partial charge in [0.25, 0.3) is 0 Å². The highest BCUT2D eigenvalue weighted by atomic mass is 35.5. The fourth-order valence-corrected chi connectivity index (χ4v) is 3.08. The molecular weight excluding hydrogens is 398 g/mol. The zero-order chi connectivity index (χ0) is 21.9. The molecule has 30 heavy (non-hydrogen) atoms. The van der Waals surface area contributed by atoms with Gasteiger partial charge in [0, 0.05) is 30.5 Å². The van der Waals surface area contributed by atoms with Crippen molar-refractivity contribution in [3.63, 3.8) is 0 Å². The predicted molar refractivity (Wildman–Crippen MR) is 124 cm³/mol. The SMILES string of the molecule is CC.CN(CCc1cnc(Cl)nc1N(C=O)c1cccc(N)c1)Cc1ccccc1. The molecule has 2 N–H and O–H groups in total. The standard InChI is InChI=1S/C21H22ClN5O.C2H6/c1-26(14-16-6-3-2-4-7-16)11-10-17-13-24-21(22)25-20(17)27(15-28)19-9-5-8-18(23)12-19;1-2/h2-9,12-13,15H,10-11,14,23H2,1H3;1-2H3. The number of carbonyl (C=O) groups is 1. The second kappa shape index (κ2) is 11.9. The van der Waals surface area contributed by atoms with Crippen LogP contribution < -0.4 is 10.6 Å². The average molecular weight is 426 g/mol. The lowest BCUT2D eigenvalue weighted by atomic mass is 10.1. The number of amides is 1. The molecule has 0 fully saturated rings. The van der Waals surface area contributed by atoms with Crippen molar-refractivity contribution in [2.75, 3.05) is 24.2 Å². The Bertz CT molecular complexity index is 936. The number of nitrogen functional groups attached to an aromatic ring is 1. The number of hydrogen-bond acceptors (Lipinski definition) is 5. The Kier molecular flexibility index (Phi) is 9.25. The number of rotatable bonds is 8. The summed E-state index contributed by atoms with van der Waals surface area (Å²) >= 11 is 6.01. The van der Waals surface area contributed by atoms with Crippen LogP contribution in [0.1, 0.15) is 25.0 Å². The van der Waals surface area contributed by atoms with Crippen molar-refractivity contribution >= 4 is 35.2 Å². The normalized spacial score (nSPS) is 10.3. The predicted octanol–water partition coefficient (Wildman–Crippen LogP) is 4.71. The number of carbonyl (C=O) groups excluding carboxylic acids is 1. The van der Waals surface area contributed by atoms with Gasteiger partial charge < -0.3 is 10.6 Å². The molecule has 2 aromatic carbocycles. The minimum Gasteiger partial charge on any atom is -0.399 e. The maximum Gasteiger partial charge on any atom is 0.224 e. The van der Waals surface area contributed by atoms with Crippen LogP contribution >= 0.6 is 11.6 Å². The quantitative estimate of drug-likeness (QED) is 0.321. The first-order valence-electron chi connectivity index (χ1n) is 9.91. The van der Waals surface area contributed by atoms with Crippen molar-refractivity contribution in [3.8, 4) is 0 Å². The number of hydrogen-bond donors (Lipinski definition) is 1.